The van der Waals surface area contributed by atoms with E-state index in [4.69, 9.17) is 9.47 Å². The monoisotopic (exact) mass is 326 g/mol. The van der Waals surface area contributed by atoms with Crippen LogP contribution in [-0.4, -0.2) is 25.2 Å². The molecule has 0 saturated carbocycles. The number of halogens is 1. The topological polar surface area (TPSA) is 52.6 Å². The van der Waals surface area contributed by atoms with Crippen molar-refractivity contribution in [3.8, 4) is 0 Å². The van der Waals surface area contributed by atoms with Crippen molar-refractivity contribution in [2.45, 2.75) is 20.3 Å². The van der Waals surface area contributed by atoms with Gasteiger partial charge in [0.1, 0.15) is 0 Å². The third-order valence-corrected chi connectivity index (χ3v) is 2.01. The minimum Gasteiger partial charge on any atom is -0.465 e. The van der Waals surface area contributed by atoms with Crippen LogP contribution >= 0.6 is 22.6 Å². The van der Waals surface area contributed by atoms with Crippen LogP contribution in [0, 0.1) is 5.92 Å². The largest absolute Gasteiger partial charge is 0.465 e. The van der Waals surface area contributed by atoms with Crippen molar-refractivity contribution in [3.63, 3.8) is 0 Å². The summed E-state index contributed by atoms with van der Waals surface area (Å²) in [6, 6.07) is 0. The van der Waals surface area contributed by atoms with Crippen LogP contribution in [0.3, 0.4) is 0 Å². The number of rotatable bonds is 6. The molecule has 0 aromatic rings. The maximum Gasteiger partial charge on any atom is 0.320 e. The molecule has 0 aliphatic heterocycles. The smallest absolute Gasteiger partial charge is 0.320 e. The highest BCUT2D eigenvalue weighted by atomic mass is 127. The maximum atomic E-state index is 11.4. The van der Waals surface area contributed by atoms with Gasteiger partial charge in [-0.3, -0.25) is 9.59 Å². The third-order valence-electron chi connectivity index (χ3n) is 1.57. The minimum absolute atomic E-state index is 0.252. The second-order valence-electron chi connectivity index (χ2n) is 2.78. The summed E-state index contributed by atoms with van der Waals surface area (Å²) < 4.78 is 10.3. The van der Waals surface area contributed by atoms with Crippen LogP contribution in [0.15, 0.2) is 10.2 Å². The Hall–Kier alpha value is -0.590. The van der Waals surface area contributed by atoms with Gasteiger partial charge in [0.15, 0.2) is 5.92 Å². The van der Waals surface area contributed by atoms with E-state index in [0.29, 0.717) is 0 Å². The first-order valence-electron chi connectivity index (χ1n) is 4.69. The van der Waals surface area contributed by atoms with Crippen LogP contribution in [0.2, 0.25) is 0 Å². The Balaban J connectivity index is 4.49. The fraction of sp³-hybridized carbons (Fsp3) is 0.600. The number of ether oxygens (including phenoxy) is 2. The zero-order valence-electron chi connectivity index (χ0n) is 8.92. The molecule has 0 atom stereocenters. The molecule has 0 aromatic heterocycles. The molecular weight excluding hydrogens is 311 g/mol. The van der Waals surface area contributed by atoms with Crippen molar-refractivity contribution in [3.05, 3.63) is 10.2 Å². The Morgan fingerprint density at radius 2 is 1.60 bits per heavy atom. The van der Waals surface area contributed by atoms with Crippen molar-refractivity contribution in [2.24, 2.45) is 5.92 Å². The van der Waals surface area contributed by atoms with E-state index in [2.05, 4.69) is 6.58 Å². The van der Waals surface area contributed by atoms with Gasteiger partial charge in [-0.05, 0) is 40.0 Å². The average molecular weight is 326 g/mol. The second-order valence-corrected chi connectivity index (χ2v) is 4.30. The second kappa shape index (κ2) is 7.67. The van der Waals surface area contributed by atoms with Gasteiger partial charge in [0.05, 0.1) is 13.2 Å². The van der Waals surface area contributed by atoms with E-state index in [9.17, 15) is 9.59 Å². The lowest BCUT2D eigenvalue weighted by molar-refractivity contribution is -0.161. The van der Waals surface area contributed by atoms with Gasteiger partial charge in [-0.1, -0.05) is 6.58 Å². The first-order chi connectivity index (χ1) is 7.02. The van der Waals surface area contributed by atoms with Crippen molar-refractivity contribution >= 4 is 34.5 Å². The zero-order chi connectivity index (χ0) is 11.8. The van der Waals surface area contributed by atoms with E-state index in [1.165, 1.54) is 0 Å². The Bertz CT molecular complexity index is 232. The van der Waals surface area contributed by atoms with Crippen LogP contribution in [0.1, 0.15) is 20.3 Å². The molecule has 0 aliphatic carbocycles. The van der Waals surface area contributed by atoms with Gasteiger partial charge >= 0.3 is 11.9 Å². The van der Waals surface area contributed by atoms with Gasteiger partial charge in [0.2, 0.25) is 0 Å². The van der Waals surface area contributed by atoms with Crippen molar-refractivity contribution in [1.82, 2.24) is 0 Å². The van der Waals surface area contributed by atoms with Crippen molar-refractivity contribution in [2.75, 3.05) is 13.2 Å². The predicted octanol–water partition coefficient (Wildman–Crippen LogP) is 2.07. The third kappa shape index (κ3) is 5.76. The molecule has 0 N–H and O–H groups in total. The Labute approximate surface area is 103 Å². The summed E-state index contributed by atoms with van der Waals surface area (Å²) in [5.41, 5.74) is 0. The molecule has 0 saturated heterocycles. The Morgan fingerprint density at radius 3 is 1.87 bits per heavy atom. The van der Waals surface area contributed by atoms with Crippen LogP contribution in [0.5, 0.6) is 0 Å². The van der Waals surface area contributed by atoms with Gasteiger partial charge in [-0.2, -0.15) is 0 Å². The molecule has 0 radical (unpaired) electrons. The lowest BCUT2D eigenvalue weighted by atomic mass is 10.1. The normalized spacial score (nSPS) is 9.87. The van der Waals surface area contributed by atoms with Crippen molar-refractivity contribution < 1.29 is 19.1 Å². The van der Waals surface area contributed by atoms with E-state index >= 15 is 0 Å². The van der Waals surface area contributed by atoms with Crippen LogP contribution in [0.25, 0.3) is 0 Å². The predicted molar refractivity (Wildman–Crippen MR) is 64.5 cm³/mol. The molecule has 0 spiro atoms. The molecule has 0 fully saturated rings. The van der Waals surface area contributed by atoms with E-state index in [1.54, 1.807) is 13.8 Å². The quantitative estimate of drug-likeness (QED) is 0.426. The summed E-state index contributed by atoms with van der Waals surface area (Å²) in [6.45, 7) is 7.54. The number of allylic oxidation sites excluding steroid dienone is 1. The summed E-state index contributed by atoms with van der Waals surface area (Å²) in [5.74, 6) is -1.98. The Morgan fingerprint density at radius 1 is 1.20 bits per heavy atom. The van der Waals surface area contributed by atoms with E-state index < -0.39 is 17.9 Å². The number of carbonyl (C=O) groups is 2. The molecular formula is C10H15IO4. The molecule has 4 nitrogen and oxygen atoms in total. The molecule has 5 heteroatoms. The fourth-order valence-corrected chi connectivity index (χ4v) is 1.41. The van der Waals surface area contributed by atoms with E-state index in [-0.39, 0.29) is 19.6 Å². The van der Waals surface area contributed by atoms with Crippen molar-refractivity contribution in [1.29, 1.82) is 0 Å². The summed E-state index contributed by atoms with van der Waals surface area (Å²) >= 11 is 1.97. The minimum atomic E-state index is -0.880. The van der Waals surface area contributed by atoms with Crippen LogP contribution < -0.4 is 0 Å². The van der Waals surface area contributed by atoms with Gasteiger partial charge in [-0.25, -0.2) is 0 Å². The van der Waals surface area contributed by atoms with Crippen LogP contribution in [-0.2, 0) is 19.1 Å². The number of hydrogen-bond donors (Lipinski definition) is 0. The number of hydrogen-bond acceptors (Lipinski definition) is 4. The van der Waals surface area contributed by atoms with E-state index in [1.807, 2.05) is 22.6 Å². The molecule has 15 heavy (non-hydrogen) atoms. The lowest BCUT2D eigenvalue weighted by Gasteiger charge is -2.13. The van der Waals surface area contributed by atoms with E-state index in [0.717, 1.165) is 3.58 Å². The van der Waals surface area contributed by atoms with Gasteiger partial charge in [-0.15, -0.1) is 0 Å². The molecule has 86 valence electrons. The van der Waals surface area contributed by atoms with Gasteiger partial charge in [0.25, 0.3) is 0 Å². The molecule has 0 aromatic carbocycles. The molecule has 0 unspecified atom stereocenters. The highest BCUT2D eigenvalue weighted by Crippen LogP contribution is 2.18. The molecule has 0 aliphatic rings. The summed E-state index contributed by atoms with van der Waals surface area (Å²) in [4.78, 5) is 22.9. The highest BCUT2D eigenvalue weighted by molar-refractivity contribution is 14.1. The molecule has 0 bridgehead atoms. The average Bonchev–Trinajstić information content (AvgIpc) is 2.14. The molecule has 0 heterocycles. The number of esters is 2. The summed E-state index contributed by atoms with van der Waals surface area (Å²) in [7, 11) is 0. The Kier molecular flexibility index (Phi) is 7.37. The fourth-order valence-electron chi connectivity index (χ4n) is 0.970. The lowest BCUT2D eigenvalue weighted by Crippen LogP contribution is -2.28. The SMILES string of the molecule is C=C(I)CC(C(=O)OCC)C(=O)OCC. The first-order valence-corrected chi connectivity index (χ1v) is 5.77. The summed E-state index contributed by atoms with van der Waals surface area (Å²) in [5, 5.41) is 0. The standard InChI is InChI=1S/C10H15IO4/c1-4-14-9(12)8(6-7(3)11)10(13)15-5-2/h8H,3-6H2,1-2H3. The van der Waals surface area contributed by atoms with Gasteiger partial charge < -0.3 is 9.47 Å². The zero-order valence-corrected chi connectivity index (χ0v) is 11.1. The first kappa shape index (κ1) is 14.4. The summed E-state index contributed by atoms with van der Waals surface area (Å²) in [6.07, 6.45) is 0.262. The number of carbonyl (C=O) groups excluding carboxylic acids is 2. The molecule has 0 rings (SSSR count). The van der Waals surface area contributed by atoms with Gasteiger partial charge in [0, 0.05) is 6.42 Å². The van der Waals surface area contributed by atoms with Crippen LogP contribution in [0.4, 0.5) is 0 Å². The maximum absolute atomic E-state index is 11.4. The highest BCUT2D eigenvalue weighted by Gasteiger charge is 2.29. The molecule has 0 amide bonds.